The Morgan fingerprint density at radius 2 is 1.78 bits per heavy atom. The van der Waals surface area contributed by atoms with Crippen molar-refractivity contribution >= 4 is 33.6 Å². The van der Waals surface area contributed by atoms with E-state index in [1.807, 2.05) is 30.3 Å². The van der Waals surface area contributed by atoms with Crippen LogP contribution >= 0.6 is 0 Å². The van der Waals surface area contributed by atoms with Gasteiger partial charge in [0.1, 0.15) is 12.1 Å². The van der Waals surface area contributed by atoms with E-state index >= 15 is 0 Å². The highest BCUT2D eigenvalue weighted by molar-refractivity contribution is 7.89. The van der Waals surface area contributed by atoms with E-state index in [0.29, 0.717) is 12.8 Å². The van der Waals surface area contributed by atoms with Gasteiger partial charge >= 0.3 is 6.03 Å². The SMILES string of the molecule is CN(C)S(=O)(=O)c1cccc(NC(=O)CN2C(=O)NC(C)(CCc3ccccc3)C2=O)c1. The second kappa shape index (κ2) is 9.09. The molecule has 0 saturated carbocycles. The van der Waals surface area contributed by atoms with Crippen LogP contribution in [0.25, 0.3) is 0 Å². The number of carbonyl (C=O) groups is 3. The molecular formula is C22H26N4O5S. The first-order chi connectivity index (χ1) is 15.0. The topological polar surface area (TPSA) is 116 Å². The van der Waals surface area contributed by atoms with E-state index in [0.717, 1.165) is 14.8 Å². The standard InChI is InChI=1S/C22H26N4O5S/c1-22(13-12-16-8-5-4-6-9-16)20(28)26(21(29)24-22)15-19(27)23-17-10-7-11-18(14-17)32(30,31)25(2)3/h4-11,14H,12-13,15H2,1-3H3,(H,23,27)(H,24,29). The van der Waals surface area contributed by atoms with Crippen LogP contribution in [-0.2, 0) is 26.0 Å². The normalized spacial score (nSPS) is 18.7. The van der Waals surface area contributed by atoms with Crippen molar-refractivity contribution < 1.29 is 22.8 Å². The molecule has 0 bridgehead atoms. The van der Waals surface area contributed by atoms with Crippen molar-refractivity contribution in [1.29, 1.82) is 0 Å². The van der Waals surface area contributed by atoms with Crippen molar-refractivity contribution in [2.24, 2.45) is 0 Å². The second-order valence-corrected chi connectivity index (χ2v) is 10.2. The minimum absolute atomic E-state index is 0.0174. The van der Waals surface area contributed by atoms with Gasteiger partial charge in [0.25, 0.3) is 5.91 Å². The Balaban J connectivity index is 1.65. The molecule has 1 unspecified atom stereocenters. The Morgan fingerprint density at radius 3 is 2.44 bits per heavy atom. The summed E-state index contributed by atoms with van der Waals surface area (Å²) in [6.45, 7) is 1.17. The average molecular weight is 459 g/mol. The quantitative estimate of drug-likeness (QED) is 0.586. The van der Waals surface area contributed by atoms with E-state index in [1.54, 1.807) is 6.92 Å². The van der Waals surface area contributed by atoms with Crippen LogP contribution in [0.3, 0.4) is 0 Å². The zero-order valence-electron chi connectivity index (χ0n) is 18.2. The Morgan fingerprint density at radius 1 is 1.09 bits per heavy atom. The minimum atomic E-state index is -3.67. The molecule has 1 atom stereocenters. The lowest BCUT2D eigenvalue weighted by molar-refractivity contribution is -0.133. The summed E-state index contributed by atoms with van der Waals surface area (Å²) in [5.41, 5.74) is 0.184. The average Bonchev–Trinajstić information content (AvgIpc) is 2.96. The zero-order valence-corrected chi connectivity index (χ0v) is 19.0. The minimum Gasteiger partial charge on any atom is -0.324 e. The summed E-state index contributed by atoms with van der Waals surface area (Å²) in [5.74, 6) is -1.09. The highest BCUT2D eigenvalue weighted by Crippen LogP contribution is 2.24. The first-order valence-electron chi connectivity index (χ1n) is 10.0. The molecule has 170 valence electrons. The van der Waals surface area contributed by atoms with Gasteiger partial charge < -0.3 is 10.6 Å². The molecule has 1 saturated heterocycles. The number of sulfonamides is 1. The Hall–Kier alpha value is -3.24. The van der Waals surface area contributed by atoms with Crippen LogP contribution in [0.4, 0.5) is 10.5 Å². The van der Waals surface area contributed by atoms with E-state index < -0.39 is 40.0 Å². The smallest absolute Gasteiger partial charge is 0.324 e. The molecule has 1 aliphatic heterocycles. The maximum atomic E-state index is 12.9. The molecule has 0 radical (unpaired) electrons. The van der Waals surface area contributed by atoms with Crippen molar-refractivity contribution in [2.75, 3.05) is 26.0 Å². The lowest BCUT2D eigenvalue weighted by Gasteiger charge is -2.21. The molecule has 2 aromatic carbocycles. The Kier molecular flexibility index (Phi) is 6.65. The third-order valence-corrected chi connectivity index (χ3v) is 7.11. The molecule has 1 aliphatic rings. The van der Waals surface area contributed by atoms with Gasteiger partial charge in [0.15, 0.2) is 0 Å². The predicted octanol–water partition coefficient (Wildman–Crippen LogP) is 1.82. The number of carbonyl (C=O) groups excluding carboxylic acids is 3. The number of hydrogen-bond donors (Lipinski definition) is 2. The van der Waals surface area contributed by atoms with Crippen LogP contribution in [0.2, 0.25) is 0 Å². The van der Waals surface area contributed by atoms with E-state index in [9.17, 15) is 22.8 Å². The van der Waals surface area contributed by atoms with Crippen LogP contribution in [-0.4, -0.2) is 61.6 Å². The second-order valence-electron chi connectivity index (χ2n) is 8.00. The molecule has 0 aromatic heterocycles. The first-order valence-corrected chi connectivity index (χ1v) is 11.5. The van der Waals surface area contributed by atoms with Gasteiger partial charge in [0.2, 0.25) is 15.9 Å². The number of amides is 4. The highest BCUT2D eigenvalue weighted by Gasteiger charge is 2.47. The number of rotatable bonds is 8. The third-order valence-electron chi connectivity index (χ3n) is 5.30. The number of hydrogen-bond acceptors (Lipinski definition) is 5. The molecule has 2 N–H and O–H groups in total. The maximum Gasteiger partial charge on any atom is 0.325 e. The van der Waals surface area contributed by atoms with Crippen molar-refractivity contribution in [1.82, 2.24) is 14.5 Å². The summed E-state index contributed by atoms with van der Waals surface area (Å²) in [6.07, 6.45) is 0.987. The summed E-state index contributed by atoms with van der Waals surface area (Å²) < 4.78 is 25.6. The molecular weight excluding hydrogens is 432 g/mol. The van der Waals surface area contributed by atoms with Crippen LogP contribution in [0.15, 0.2) is 59.5 Å². The van der Waals surface area contributed by atoms with Crippen molar-refractivity contribution in [3.63, 3.8) is 0 Å². The fourth-order valence-corrected chi connectivity index (χ4v) is 4.34. The van der Waals surface area contributed by atoms with Gasteiger partial charge in [-0.05, 0) is 43.5 Å². The van der Waals surface area contributed by atoms with Crippen LogP contribution < -0.4 is 10.6 Å². The molecule has 0 spiro atoms. The van der Waals surface area contributed by atoms with Gasteiger partial charge in [-0.25, -0.2) is 17.5 Å². The van der Waals surface area contributed by atoms with Gasteiger partial charge in [-0.3, -0.25) is 14.5 Å². The van der Waals surface area contributed by atoms with Crippen LogP contribution in [0, 0.1) is 0 Å². The van der Waals surface area contributed by atoms with Crippen molar-refractivity contribution in [3.8, 4) is 0 Å². The van der Waals surface area contributed by atoms with E-state index in [2.05, 4.69) is 10.6 Å². The van der Waals surface area contributed by atoms with Crippen LogP contribution in [0.1, 0.15) is 18.9 Å². The van der Waals surface area contributed by atoms with Gasteiger partial charge in [-0.1, -0.05) is 36.4 Å². The lowest BCUT2D eigenvalue weighted by atomic mass is 9.93. The summed E-state index contributed by atoms with van der Waals surface area (Å²) >= 11 is 0. The maximum absolute atomic E-state index is 12.9. The Labute approximate surface area is 187 Å². The number of aryl methyl sites for hydroxylation is 1. The highest BCUT2D eigenvalue weighted by atomic mass is 32.2. The number of anilines is 1. The van der Waals surface area contributed by atoms with Crippen molar-refractivity contribution in [3.05, 3.63) is 60.2 Å². The van der Waals surface area contributed by atoms with Gasteiger partial charge in [0.05, 0.1) is 4.90 Å². The number of nitrogens with zero attached hydrogens (tertiary/aromatic N) is 2. The number of urea groups is 1. The van der Waals surface area contributed by atoms with Gasteiger partial charge in [-0.15, -0.1) is 0 Å². The lowest BCUT2D eigenvalue weighted by Crippen LogP contribution is -2.45. The molecule has 10 heteroatoms. The van der Waals surface area contributed by atoms with Gasteiger partial charge in [-0.2, -0.15) is 0 Å². The van der Waals surface area contributed by atoms with E-state index in [4.69, 9.17) is 0 Å². The van der Waals surface area contributed by atoms with Crippen LogP contribution in [0.5, 0.6) is 0 Å². The molecule has 1 fully saturated rings. The fraction of sp³-hybridized carbons (Fsp3) is 0.318. The molecule has 3 rings (SSSR count). The third kappa shape index (κ3) is 4.97. The number of imide groups is 1. The Bertz CT molecular complexity index is 1130. The first kappa shape index (κ1) is 23.4. The van der Waals surface area contributed by atoms with Gasteiger partial charge in [0, 0.05) is 19.8 Å². The fourth-order valence-electron chi connectivity index (χ4n) is 3.39. The predicted molar refractivity (Wildman–Crippen MR) is 119 cm³/mol. The van der Waals surface area contributed by atoms with E-state index in [-0.39, 0.29) is 10.6 Å². The molecule has 9 nitrogen and oxygen atoms in total. The summed E-state index contributed by atoms with van der Waals surface area (Å²) in [4.78, 5) is 38.7. The summed E-state index contributed by atoms with van der Waals surface area (Å²) in [6, 6.07) is 14.7. The molecule has 1 heterocycles. The molecule has 2 aromatic rings. The van der Waals surface area contributed by atoms with E-state index in [1.165, 1.54) is 38.4 Å². The monoisotopic (exact) mass is 458 g/mol. The zero-order chi connectivity index (χ0) is 23.5. The van der Waals surface area contributed by atoms with Crippen molar-refractivity contribution in [2.45, 2.75) is 30.2 Å². The summed E-state index contributed by atoms with van der Waals surface area (Å²) in [7, 11) is -0.847. The molecule has 0 aliphatic carbocycles. The molecule has 4 amide bonds. The summed E-state index contributed by atoms with van der Waals surface area (Å²) in [5, 5.41) is 5.23. The molecule has 32 heavy (non-hydrogen) atoms. The number of nitrogens with one attached hydrogen (secondary N) is 2. The number of benzene rings is 2. The largest absolute Gasteiger partial charge is 0.325 e.